The van der Waals surface area contributed by atoms with Gasteiger partial charge in [-0.1, -0.05) is 18.2 Å². The Kier molecular flexibility index (Phi) is 3.89. The molecule has 102 valence electrons. The van der Waals surface area contributed by atoms with Gasteiger partial charge >= 0.3 is 6.18 Å². The lowest BCUT2D eigenvalue weighted by molar-refractivity contribution is -0.137. The van der Waals surface area contributed by atoms with Crippen molar-refractivity contribution >= 4 is 5.82 Å². The lowest BCUT2D eigenvalue weighted by Gasteiger charge is -2.09. The fourth-order valence-corrected chi connectivity index (χ4v) is 1.60. The van der Waals surface area contributed by atoms with Gasteiger partial charge in [0.2, 0.25) is 0 Å². The largest absolute Gasteiger partial charge is 0.416 e. The molecule has 0 bridgehead atoms. The van der Waals surface area contributed by atoms with Crippen molar-refractivity contribution in [2.24, 2.45) is 0 Å². The van der Waals surface area contributed by atoms with Crippen molar-refractivity contribution in [2.75, 3.05) is 5.32 Å². The highest BCUT2D eigenvalue weighted by atomic mass is 19.4. The molecule has 0 atom stereocenters. The Morgan fingerprint density at radius 2 is 1.80 bits per heavy atom. The molecular weight excluding hydrogens is 267 g/mol. The number of anilines is 1. The van der Waals surface area contributed by atoms with Gasteiger partial charge in [0.15, 0.2) is 0 Å². The fraction of sp³-hybridized carbons (Fsp3) is 0.143. The van der Waals surface area contributed by atoms with Crippen LogP contribution in [0.5, 0.6) is 0 Å². The van der Waals surface area contributed by atoms with E-state index in [0.717, 1.165) is 12.1 Å². The molecule has 0 radical (unpaired) electrons. The second-order valence-corrected chi connectivity index (χ2v) is 4.07. The minimum absolute atomic E-state index is 0.280. The van der Waals surface area contributed by atoms with E-state index in [4.69, 9.17) is 5.26 Å². The third-order valence-corrected chi connectivity index (χ3v) is 2.62. The van der Waals surface area contributed by atoms with Crippen LogP contribution in [0, 0.1) is 11.3 Å². The van der Waals surface area contributed by atoms with Gasteiger partial charge < -0.3 is 5.32 Å². The average molecular weight is 277 g/mol. The second-order valence-electron chi connectivity index (χ2n) is 4.07. The minimum Gasteiger partial charge on any atom is -0.366 e. The Labute approximate surface area is 113 Å². The Morgan fingerprint density at radius 1 is 1.10 bits per heavy atom. The third-order valence-electron chi connectivity index (χ3n) is 2.62. The summed E-state index contributed by atoms with van der Waals surface area (Å²) in [6.45, 7) is 0.333. The smallest absolute Gasteiger partial charge is 0.366 e. The van der Waals surface area contributed by atoms with E-state index >= 15 is 0 Å². The number of pyridine rings is 1. The monoisotopic (exact) mass is 277 g/mol. The van der Waals surface area contributed by atoms with Gasteiger partial charge in [-0.25, -0.2) is 4.98 Å². The highest BCUT2D eigenvalue weighted by Gasteiger charge is 2.29. The van der Waals surface area contributed by atoms with Gasteiger partial charge in [-0.15, -0.1) is 0 Å². The summed E-state index contributed by atoms with van der Waals surface area (Å²) in [7, 11) is 0. The van der Waals surface area contributed by atoms with Crippen molar-refractivity contribution in [1.82, 2.24) is 4.98 Å². The average Bonchev–Trinajstić information content (AvgIpc) is 2.45. The first-order chi connectivity index (χ1) is 9.49. The SMILES string of the molecule is N#Cc1cccc(NCc2ccc(C(F)(F)F)cc2)n1. The summed E-state index contributed by atoms with van der Waals surface area (Å²) in [5.41, 5.74) is 0.301. The normalized spacial score (nSPS) is 10.9. The third kappa shape index (κ3) is 3.48. The van der Waals surface area contributed by atoms with Crippen LogP contribution in [0.4, 0.5) is 19.0 Å². The molecule has 3 nitrogen and oxygen atoms in total. The summed E-state index contributed by atoms with van der Waals surface area (Å²) in [5, 5.41) is 11.7. The zero-order valence-corrected chi connectivity index (χ0v) is 10.3. The van der Waals surface area contributed by atoms with Crippen LogP contribution in [-0.4, -0.2) is 4.98 Å². The maximum atomic E-state index is 12.4. The molecule has 2 rings (SSSR count). The molecule has 1 N–H and O–H groups in total. The van der Waals surface area contributed by atoms with Crippen LogP contribution in [0.15, 0.2) is 42.5 Å². The van der Waals surface area contributed by atoms with Gasteiger partial charge in [0.05, 0.1) is 5.56 Å². The molecular formula is C14H10F3N3. The van der Waals surface area contributed by atoms with E-state index in [9.17, 15) is 13.2 Å². The van der Waals surface area contributed by atoms with Gasteiger partial charge in [-0.05, 0) is 29.8 Å². The number of alkyl halides is 3. The Morgan fingerprint density at radius 3 is 2.40 bits per heavy atom. The Hall–Kier alpha value is -2.55. The van der Waals surface area contributed by atoms with Crippen LogP contribution in [-0.2, 0) is 12.7 Å². The summed E-state index contributed by atoms with van der Waals surface area (Å²) in [4.78, 5) is 4.01. The topological polar surface area (TPSA) is 48.7 Å². The first-order valence-electron chi connectivity index (χ1n) is 5.76. The molecule has 0 saturated carbocycles. The summed E-state index contributed by atoms with van der Waals surface area (Å²) >= 11 is 0. The Balaban J connectivity index is 2.02. The molecule has 0 amide bonds. The number of rotatable bonds is 3. The van der Waals surface area contributed by atoms with Crippen LogP contribution in [0.1, 0.15) is 16.8 Å². The van der Waals surface area contributed by atoms with E-state index in [1.54, 1.807) is 18.2 Å². The number of hydrogen-bond acceptors (Lipinski definition) is 3. The molecule has 0 unspecified atom stereocenters. The molecule has 1 aromatic heterocycles. The number of benzene rings is 1. The molecule has 2 aromatic rings. The number of aromatic nitrogens is 1. The van der Waals surface area contributed by atoms with E-state index < -0.39 is 11.7 Å². The summed E-state index contributed by atoms with van der Waals surface area (Å²) in [5.74, 6) is 0.504. The van der Waals surface area contributed by atoms with E-state index in [1.165, 1.54) is 12.1 Å². The molecule has 0 spiro atoms. The van der Waals surface area contributed by atoms with E-state index in [-0.39, 0.29) is 5.69 Å². The van der Waals surface area contributed by atoms with Gasteiger partial charge in [-0.3, -0.25) is 0 Å². The maximum Gasteiger partial charge on any atom is 0.416 e. The van der Waals surface area contributed by atoms with Gasteiger partial charge in [0.1, 0.15) is 17.6 Å². The molecule has 0 aliphatic heterocycles. The van der Waals surface area contributed by atoms with E-state index in [2.05, 4.69) is 10.3 Å². The predicted octanol–water partition coefficient (Wildman–Crippen LogP) is 3.58. The van der Waals surface area contributed by atoms with Crippen LogP contribution in [0.2, 0.25) is 0 Å². The van der Waals surface area contributed by atoms with E-state index in [0.29, 0.717) is 17.9 Å². The summed E-state index contributed by atoms with van der Waals surface area (Å²) in [6, 6.07) is 11.7. The van der Waals surface area contributed by atoms with Gasteiger partial charge in [0.25, 0.3) is 0 Å². The highest BCUT2D eigenvalue weighted by Crippen LogP contribution is 2.29. The highest BCUT2D eigenvalue weighted by molar-refractivity contribution is 5.39. The minimum atomic E-state index is -4.32. The standard InChI is InChI=1S/C14H10F3N3/c15-14(16,17)11-6-4-10(5-7-11)9-19-13-3-1-2-12(8-18)20-13/h1-7H,9H2,(H,19,20). The number of nitrogens with one attached hydrogen (secondary N) is 1. The first kappa shape index (κ1) is 13.9. The van der Waals surface area contributed by atoms with Crippen molar-refractivity contribution in [3.63, 3.8) is 0 Å². The number of nitrogens with zero attached hydrogens (tertiary/aromatic N) is 2. The van der Waals surface area contributed by atoms with Crippen molar-refractivity contribution in [3.05, 3.63) is 59.3 Å². The zero-order valence-electron chi connectivity index (χ0n) is 10.3. The summed E-state index contributed by atoms with van der Waals surface area (Å²) in [6.07, 6.45) is -4.32. The van der Waals surface area contributed by atoms with Crippen LogP contribution >= 0.6 is 0 Å². The molecule has 0 aliphatic rings. The quantitative estimate of drug-likeness (QED) is 0.932. The lowest BCUT2D eigenvalue weighted by atomic mass is 10.1. The molecule has 0 fully saturated rings. The first-order valence-corrected chi connectivity index (χ1v) is 5.76. The van der Waals surface area contributed by atoms with Crippen molar-refractivity contribution in [1.29, 1.82) is 5.26 Å². The molecule has 6 heteroatoms. The Bertz CT molecular complexity index is 627. The van der Waals surface area contributed by atoms with Crippen molar-refractivity contribution in [3.8, 4) is 6.07 Å². The summed E-state index contributed by atoms with van der Waals surface area (Å²) < 4.78 is 37.2. The van der Waals surface area contributed by atoms with Gasteiger partial charge in [-0.2, -0.15) is 18.4 Å². The fourth-order valence-electron chi connectivity index (χ4n) is 1.60. The predicted molar refractivity (Wildman–Crippen MR) is 67.7 cm³/mol. The number of nitriles is 1. The molecule has 1 aromatic carbocycles. The van der Waals surface area contributed by atoms with Crippen molar-refractivity contribution in [2.45, 2.75) is 12.7 Å². The van der Waals surface area contributed by atoms with Crippen LogP contribution in [0.25, 0.3) is 0 Å². The number of halogens is 3. The molecule has 0 aliphatic carbocycles. The van der Waals surface area contributed by atoms with Gasteiger partial charge in [0, 0.05) is 6.54 Å². The zero-order chi connectivity index (χ0) is 14.6. The maximum absolute atomic E-state index is 12.4. The van der Waals surface area contributed by atoms with E-state index in [1.807, 2.05) is 6.07 Å². The molecule has 0 saturated heterocycles. The number of hydrogen-bond donors (Lipinski definition) is 1. The van der Waals surface area contributed by atoms with Crippen molar-refractivity contribution < 1.29 is 13.2 Å². The molecule has 20 heavy (non-hydrogen) atoms. The lowest BCUT2D eigenvalue weighted by Crippen LogP contribution is -2.06. The van der Waals surface area contributed by atoms with Crippen LogP contribution < -0.4 is 5.32 Å². The molecule has 1 heterocycles. The second kappa shape index (κ2) is 5.61. The van der Waals surface area contributed by atoms with Crippen LogP contribution in [0.3, 0.4) is 0 Å².